The fraction of sp³-hybridized carbons (Fsp3) is 0.333. The highest BCUT2D eigenvalue weighted by Crippen LogP contribution is 2.35. The third kappa shape index (κ3) is 3.10. The van der Waals surface area contributed by atoms with E-state index in [0.717, 1.165) is 16.5 Å². The van der Waals surface area contributed by atoms with E-state index in [-0.39, 0.29) is 0 Å². The zero-order valence-electron chi connectivity index (χ0n) is 17.5. The predicted molar refractivity (Wildman–Crippen MR) is 110 cm³/mol. The minimum Gasteiger partial charge on any atom is -0.238 e. The van der Waals surface area contributed by atoms with Gasteiger partial charge in [-0.15, -0.1) is 0 Å². The summed E-state index contributed by atoms with van der Waals surface area (Å²) >= 11 is 0. The summed E-state index contributed by atoms with van der Waals surface area (Å²) in [6.45, 7) is 18.4. The van der Waals surface area contributed by atoms with Crippen molar-refractivity contribution in [3.8, 4) is 11.3 Å². The van der Waals surface area contributed by atoms with E-state index in [1.165, 1.54) is 22.3 Å². The summed E-state index contributed by atoms with van der Waals surface area (Å²) in [6, 6.07) is 12.2. The van der Waals surface area contributed by atoms with E-state index < -0.39 is 0 Å². The topological polar surface area (TPSA) is 8.24 Å². The van der Waals surface area contributed by atoms with E-state index in [2.05, 4.69) is 51.6 Å². The van der Waals surface area contributed by atoms with Crippen LogP contribution in [0.25, 0.3) is 26.9 Å². The highest BCUT2D eigenvalue weighted by Gasteiger charge is 2.21. The van der Waals surface area contributed by atoms with Crippen molar-refractivity contribution in [2.45, 2.75) is 46.5 Å². The highest BCUT2D eigenvalue weighted by molar-refractivity contribution is 5.95. The Balaban J connectivity index is 2.45. The lowest BCUT2D eigenvalue weighted by Gasteiger charge is -2.18. The summed E-state index contributed by atoms with van der Waals surface area (Å²) in [5, 5.41) is 2.03. The standard InChI is InChI=1S/C24H27N2/c1-15(2)19-13-22(16(3)4)17(5)23(14-19)24-21-9-8-20(25-6)12-18(21)10-11-26(24)7/h8-16H,1-5,7H3/q+1/i11D. The Labute approximate surface area is 158 Å². The maximum absolute atomic E-state index is 8.45. The number of hydrogen-bond acceptors (Lipinski definition) is 0. The first-order valence-electron chi connectivity index (χ1n) is 9.70. The van der Waals surface area contributed by atoms with E-state index in [4.69, 9.17) is 7.94 Å². The van der Waals surface area contributed by atoms with E-state index in [1.54, 1.807) is 0 Å². The van der Waals surface area contributed by atoms with Crippen molar-refractivity contribution in [2.24, 2.45) is 7.05 Å². The van der Waals surface area contributed by atoms with Gasteiger partial charge in [0.05, 0.1) is 17.5 Å². The van der Waals surface area contributed by atoms with Crippen LogP contribution in [0.4, 0.5) is 5.69 Å². The lowest BCUT2D eigenvalue weighted by atomic mass is 9.86. The molecule has 1 aromatic heterocycles. The first-order chi connectivity index (χ1) is 12.7. The second-order valence-corrected chi connectivity index (χ2v) is 7.66. The predicted octanol–water partition coefficient (Wildman–Crippen LogP) is 6.44. The summed E-state index contributed by atoms with van der Waals surface area (Å²) in [6.07, 6.45) is 0.445. The molecule has 0 fully saturated rings. The molecular formula is C24H27N2+. The molecule has 2 aromatic carbocycles. The van der Waals surface area contributed by atoms with Crippen LogP contribution in [0.1, 0.15) is 57.6 Å². The Morgan fingerprint density at radius 3 is 2.38 bits per heavy atom. The molecule has 0 unspecified atom stereocenters. The van der Waals surface area contributed by atoms with Crippen molar-refractivity contribution in [3.63, 3.8) is 0 Å². The largest absolute Gasteiger partial charge is 0.238 e. The van der Waals surface area contributed by atoms with Crippen LogP contribution in [0.15, 0.2) is 42.6 Å². The van der Waals surface area contributed by atoms with Gasteiger partial charge in [-0.25, -0.2) is 9.41 Å². The number of aromatic nitrogens is 1. The maximum Gasteiger partial charge on any atom is 0.220 e. The van der Waals surface area contributed by atoms with Gasteiger partial charge < -0.3 is 0 Å². The van der Waals surface area contributed by atoms with Crippen molar-refractivity contribution in [1.82, 2.24) is 0 Å². The molecule has 2 nitrogen and oxygen atoms in total. The van der Waals surface area contributed by atoms with Crippen LogP contribution in [-0.4, -0.2) is 0 Å². The van der Waals surface area contributed by atoms with Gasteiger partial charge in [0.2, 0.25) is 5.69 Å². The van der Waals surface area contributed by atoms with Crippen LogP contribution in [-0.2, 0) is 7.05 Å². The number of fused-ring (bicyclic) bond motifs is 1. The van der Waals surface area contributed by atoms with Gasteiger partial charge in [0.25, 0.3) is 0 Å². The van der Waals surface area contributed by atoms with E-state index in [0.29, 0.717) is 23.7 Å². The second-order valence-electron chi connectivity index (χ2n) is 7.66. The molecule has 132 valence electrons. The van der Waals surface area contributed by atoms with E-state index in [1.807, 2.05) is 35.9 Å². The molecule has 0 aliphatic rings. The highest BCUT2D eigenvalue weighted by atomic mass is 14.9. The van der Waals surface area contributed by atoms with Crippen LogP contribution in [0.3, 0.4) is 0 Å². The maximum atomic E-state index is 8.45. The van der Waals surface area contributed by atoms with Gasteiger partial charge >= 0.3 is 0 Å². The quantitative estimate of drug-likeness (QED) is 0.382. The third-order valence-corrected chi connectivity index (χ3v) is 5.18. The molecule has 3 rings (SSSR count). The molecule has 0 spiro atoms. The number of nitrogens with zero attached hydrogens (tertiary/aromatic N) is 2. The Morgan fingerprint density at radius 1 is 1.04 bits per heavy atom. The molecule has 2 heteroatoms. The molecule has 0 radical (unpaired) electrons. The monoisotopic (exact) mass is 344 g/mol. The number of benzene rings is 2. The van der Waals surface area contributed by atoms with Crippen molar-refractivity contribution < 1.29 is 5.94 Å². The van der Waals surface area contributed by atoms with Crippen molar-refractivity contribution >= 4 is 16.5 Å². The smallest absolute Gasteiger partial charge is 0.220 e. The van der Waals surface area contributed by atoms with Crippen molar-refractivity contribution in [3.05, 3.63) is 70.7 Å². The SMILES string of the molecule is [2H]c1cc2cc([N+]#[C-])ccc2c(-c2cc(C(C)C)cc(C(C)C)c2C)[n+]1C. The van der Waals surface area contributed by atoms with Crippen LogP contribution in [0.2, 0.25) is 0 Å². The minimum atomic E-state index is 0.436. The van der Waals surface area contributed by atoms with Gasteiger partial charge in [0.1, 0.15) is 8.42 Å². The van der Waals surface area contributed by atoms with E-state index in [9.17, 15) is 0 Å². The van der Waals surface area contributed by atoms with Gasteiger partial charge in [-0.05, 0) is 53.0 Å². The Bertz CT molecular complexity index is 1070. The molecule has 0 N–H and O–H groups in total. The number of hydrogen-bond donors (Lipinski definition) is 0. The average molecular weight is 345 g/mol. The summed E-state index contributed by atoms with van der Waals surface area (Å²) in [7, 11) is 1.95. The first-order valence-corrected chi connectivity index (χ1v) is 9.20. The lowest BCUT2D eigenvalue weighted by Crippen LogP contribution is -2.31. The molecule has 1 heterocycles. The van der Waals surface area contributed by atoms with Crippen LogP contribution in [0, 0.1) is 13.5 Å². The summed E-state index contributed by atoms with van der Waals surface area (Å²) in [5.74, 6) is 0.873. The summed E-state index contributed by atoms with van der Waals surface area (Å²) in [4.78, 5) is 3.55. The number of rotatable bonds is 3. The first kappa shape index (κ1) is 16.8. The third-order valence-electron chi connectivity index (χ3n) is 5.18. The minimum absolute atomic E-state index is 0.436. The Kier molecular flexibility index (Phi) is 4.47. The second kappa shape index (κ2) is 6.92. The average Bonchev–Trinajstić information content (AvgIpc) is 2.62. The van der Waals surface area contributed by atoms with E-state index >= 15 is 0 Å². The summed E-state index contributed by atoms with van der Waals surface area (Å²) < 4.78 is 10.4. The molecule has 0 atom stereocenters. The molecule has 0 saturated carbocycles. The molecule has 0 aliphatic carbocycles. The van der Waals surface area contributed by atoms with Crippen molar-refractivity contribution in [1.29, 1.82) is 0 Å². The molecule has 26 heavy (non-hydrogen) atoms. The van der Waals surface area contributed by atoms with Gasteiger partial charge in [-0.2, -0.15) is 0 Å². The normalized spacial score (nSPS) is 11.9. The Morgan fingerprint density at radius 2 is 1.77 bits per heavy atom. The molecule has 0 saturated heterocycles. The van der Waals surface area contributed by atoms with Gasteiger partial charge in [0.15, 0.2) is 11.9 Å². The molecule has 0 amide bonds. The van der Waals surface area contributed by atoms with Gasteiger partial charge in [-0.3, -0.25) is 0 Å². The van der Waals surface area contributed by atoms with Crippen molar-refractivity contribution in [2.75, 3.05) is 0 Å². The lowest BCUT2D eigenvalue weighted by molar-refractivity contribution is -0.659. The molecule has 0 bridgehead atoms. The van der Waals surface area contributed by atoms with Crippen LogP contribution in [0.5, 0.6) is 0 Å². The van der Waals surface area contributed by atoms with Gasteiger partial charge in [-0.1, -0.05) is 45.9 Å². The molecule has 0 aliphatic heterocycles. The molecule has 3 aromatic rings. The van der Waals surface area contributed by atoms with Crippen LogP contribution < -0.4 is 4.57 Å². The fourth-order valence-corrected chi connectivity index (χ4v) is 3.63. The van der Waals surface area contributed by atoms with Crippen LogP contribution >= 0.6 is 0 Å². The zero-order valence-corrected chi connectivity index (χ0v) is 16.5. The summed E-state index contributed by atoms with van der Waals surface area (Å²) in [5.41, 5.74) is 6.79. The molecular weight excluding hydrogens is 316 g/mol. The van der Waals surface area contributed by atoms with Gasteiger partial charge in [0, 0.05) is 6.07 Å². The fourth-order valence-electron chi connectivity index (χ4n) is 3.63. The number of pyridine rings is 1. The Hall–Kier alpha value is -2.66. The zero-order chi connectivity index (χ0) is 19.9.